The van der Waals surface area contributed by atoms with E-state index in [1.165, 1.54) is 25.1 Å². The Morgan fingerprint density at radius 1 is 1.14 bits per heavy atom. The highest BCUT2D eigenvalue weighted by Gasteiger charge is 2.47. The minimum atomic E-state index is -4.30. The number of aliphatic hydroxyl groups is 1. The highest BCUT2D eigenvalue weighted by molar-refractivity contribution is 7.54. The number of ether oxygens (including phenoxy) is 3. The number of aliphatic hydroxyl groups excluding tert-OH is 1. The standard InChI is InChI=1S/C24H38ClFN7O8P/c1-11(2)7-13(22(35)38-5)31-42(37,32-14(8-12(3)4)23(36)39-6)40-9-15-18(34)16(26)21(41-15)33-10-28-17-19(27)29-24(25)30-20(17)33/h10-16,18,21,34H,7-9H2,1-6H3,(H2,27,29,30)(H2,31,32,37)/t13-,14-,15+,16+,18?,21+/m0/s1. The van der Waals surface area contributed by atoms with Crippen LogP contribution in [-0.4, -0.2) is 87.9 Å². The summed E-state index contributed by atoms with van der Waals surface area (Å²) in [7, 11) is -1.93. The number of methoxy groups -OCH3 is 2. The zero-order valence-corrected chi connectivity index (χ0v) is 25.8. The summed E-state index contributed by atoms with van der Waals surface area (Å²) in [5.41, 5.74) is 6.06. The summed E-state index contributed by atoms with van der Waals surface area (Å²) in [5.74, 6) is -1.49. The zero-order valence-electron chi connectivity index (χ0n) is 24.2. The molecule has 15 nitrogen and oxygen atoms in total. The number of hydrogen-bond donors (Lipinski definition) is 4. The highest BCUT2D eigenvalue weighted by atomic mass is 35.5. The third-order valence-corrected chi connectivity index (χ3v) is 8.43. The van der Waals surface area contributed by atoms with Crippen LogP contribution in [0.1, 0.15) is 46.8 Å². The first-order valence-corrected chi connectivity index (χ1v) is 15.3. The van der Waals surface area contributed by atoms with Gasteiger partial charge in [0.25, 0.3) is 0 Å². The van der Waals surface area contributed by atoms with E-state index in [0.717, 1.165) is 0 Å². The van der Waals surface area contributed by atoms with Crippen molar-refractivity contribution in [3.63, 3.8) is 0 Å². The maximum atomic E-state index is 15.3. The summed E-state index contributed by atoms with van der Waals surface area (Å²) >= 11 is 5.91. The van der Waals surface area contributed by atoms with Gasteiger partial charge in [0.05, 0.1) is 27.2 Å². The van der Waals surface area contributed by atoms with Crippen LogP contribution in [-0.2, 0) is 32.9 Å². The van der Waals surface area contributed by atoms with Crippen LogP contribution in [0.4, 0.5) is 10.2 Å². The Morgan fingerprint density at radius 3 is 2.19 bits per heavy atom. The first-order chi connectivity index (χ1) is 19.7. The number of carbonyl (C=O) groups excluding carboxylic acids is 2. The minimum absolute atomic E-state index is 0.0217. The lowest BCUT2D eigenvalue weighted by Gasteiger charge is -2.30. The number of halogens is 2. The number of anilines is 1. The van der Waals surface area contributed by atoms with Gasteiger partial charge in [0.1, 0.15) is 29.8 Å². The van der Waals surface area contributed by atoms with Crippen LogP contribution >= 0.6 is 19.3 Å². The fourth-order valence-corrected chi connectivity index (χ4v) is 6.49. The molecule has 18 heteroatoms. The number of alkyl halides is 1. The van der Waals surface area contributed by atoms with Gasteiger partial charge in [-0.2, -0.15) is 9.97 Å². The summed E-state index contributed by atoms with van der Waals surface area (Å²) in [6, 6.07) is -2.18. The lowest BCUT2D eigenvalue weighted by atomic mass is 10.1. The number of imidazole rings is 1. The van der Waals surface area contributed by atoms with E-state index >= 15 is 4.39 Å². The molecule has 2 aromatic rings. The van der Waals surface area contributed by atoms with Crippen molar-refractivity contribution in [2.75, 3.05) is 26.6 Å². The van der Waals surface area contributed by atoms with Crippen LogP contribution in [0.25, 0.3) is 11.2 Å². The summed E-state index contributed by atoms with van der Waals surface area (Å²) in [6.07, 6.45) is -4.82. The minimum Gasteiger partial charge on any atom is -0.468 e. The van der Waals surface area contributed by atoms with E-state index in [9.17, 15) is 19.3 Å². The molecule has 2 aromatic heterocycles. The predicted octanol–water partition coefficient (Wildman–Crippen LogP) is 2.14. The summed E-state index contributed by atoms with van der Waals surface area (Å²) in [5, 5.41) is 15.8. The molecular formula is C24H38ClFN7O8P. The van der Waals surface area contributed by atoms with Gasteiger partial charge in [0, 0.05) is 0 Å². The molecule has 3 heterocycles. The zero-order chi connectivity index (χ0) is 31.4. The first kappa shape index (κ1) is 34.0. The molecule has 1 unspecified atom stereocenters. The number of nitrogen functional groups attached to an aromatic ring is 1. The second kappa shape index (κ2) is 14.3. The Hall–Kier alpha value is -2.46. The molecule has 0 amide bonds. The average Bonchev–Trinajstić information content (AvgIpc) is 3.45. The molecule has 0 radical (unpaired) electrons. The smallest absolute Gasteiger partial charge is 0.342 e. The molecule has 0 saturated carbocycles. The van der Waals surface area contributed by atoms with Crippen molar-refractivity contribution >= 4 is 48.2 Å². The molecule has 1 aliphatic rings. The SMILES string of the molecule is COC(=O)[C@H](CC(C)C)NP(=O)(N[C@@H](CC(C)C)C(=O)OC)OC[C@H]1O[C@@H](n2cnc3c(N)nc(Cl)nc32)[C@H](F)C1O. The number of rotatable bonds is 14. The maximum Gasteiger partial charge on any atom is 0.342 e. The van der Waals surface area contributed by atoms with Crippen molar-refractivity contribution in [2.45, 2.75) is 77.2 Å². The van der Waals surface area contributed by atoms with Crippen LogP contribution < -0.4 is 15.9 Å². The number of nitrogens with one attached hydrogen (secondary N) is 2. The number of nitrogens with zero attached hydrogens (tertiary/aromatic N) is 4. The van der Waals surface area contributed by atoms with Gasteiger partial charge in [-0.05, 0) is 36.3 Å². The van der Waals surface area contributed by atoms with Gasteiger partial charge >= 0.3 is 19.6 Å². The van der Waals surface area contributed by atoms with Crippen LogP contribution in [0, 0.1) is 11.8 Å². The normalized spacial score (nSPS) is 22.5. The molecule has 1 fully saturated rings. The topological polar surface area (TPSA) is 202 Å². The monoisotopic (exact) mass is 637 g/mol. The van der Waals surface area contributed by atoms with Crippen molar-refractivity contribution in [1.29, 1.82) is 0 Å². The molecule has 0 aliphatic carbocycles. The van der Waals surface area contributed by atoms with Crippen molar-refractivity contribution in [3.8, 4) is 0 Å². The summed E-state index contributed by atoms with van der Waals surface area (Å²) in [4.78, 5) is 37.0. The molecule has 42 heavy (non-hydrogen) atoms. The van der Waals surface area contributed by atoms with Crippen molar-refractivity contribution in [2.24, 2.45) is 11.8 Å². The van der Waals surface area contributed by atoms with Crippen molar-refractivity contribution in [1.82, 2.24) is 29.7 Å². The second-order valence-corrected chi connectivity index (χ2v) is 12.9. The van der Waals surface area contributed by atoms with Crippen LogP contribution in [0.2, 0.25) is 5.28 Å². The molecule has 236 valence electrons. The number of aromatic nitrogens is 4. The molecule has 5 N–H and O–H groups in total. The van der Waals surface area contributed by atoms with Gasteiger partial charge in [-0.25, -0.2) is 19.5 Å². The first-order valence-electron chi connectivity index (χ1n) is 13.3. The van der Waals surface area contributed by atoms with Crippen LogP contribution in [0.5, 0.6) is 0 Å². The Labute approximate surface area is 247 Å². The molecule has 1 saturated heterocycles. The fraction of sp³-hybridized carbons (Fsp3) is 0.708. The third kappa shape index (κ3) is 8.13. The van der Waals surface area contributed by atoms with Crippen LogP contribution in [0.3, 0.4) is 0 Å². The van der Waals surface area contributed by atoms with E-state index in [2.05, 4.69) is 25.1 Å². The Kier molecular flexibility index (Phi) is 11.6. The van der Waals surface area contributed by atoms with E-state index in [-0.39, 0.29) is 46.9 Å². The summed E-state index contributed by atoms with van der Waals surface area (Å²) < 4.78 is 51.9. The quantitative estimate of drug-likeness (QED) is 0.133. The predicted molar refractivity (Wildman–Crippen MR) is 150 cm³/mol. The van der Waals surface area contributed by atoms with Gasteiger partial charge in [0.2, 0.25) is 5.28 Å². The van der Waals surface area contributed by atoms with E-state index in [1.807, 2.05) is 27.7 Å². The van der Waals surface area contributed by atoms with E-state index in [1.54, 1.807) is 0 Å². The molecule has 0 aromatic carbocycles. The number of esters is 2. The van der Waals surface area contributed by atoms with Crippen molar-refractivity contribution < 1.29 is 42.4 Å². The Balaban J connectivity index is 1.87. The lowest BCUT2D eigenvalue weighted by Crippen LogP contribution is -2.45. The Bertz CT molecular complexity index is 1260. The molecule has 6 atom stereocenters. The summed E-state index contributed by atoms with van der Waals surface area (Å²) in [6.45, 7) is 6.79. The molecular weight excluding hydrogens is 600 g/mol. The average molecular weight is 638 g/mol. The van der Waals surface area contributed by atoms with E-state index in [0.29, 0.717) is 0 Å². The second-order valence-electron chi connectivity index (χ2n) is 10.7. The largest absolute Gasteiger partial charge is 0.468 e. The van der Waals surface area contributed by atoms with Gasteiger partial charge in [-0.1, -0.05) is 27.7 Å². The van der Waals surface area contributed by atoms with Gasteiger partial charge in [-0.3, -0.25) is 18.7 Å². The molecule has 3 rings (SSSR count). The number of carbonyl (C=O) groups is 2. The Morgan fingerprint density at radius 2 is 1.69 bits per heavy atom. The maximum absolute atomic E-state index is 15.3. The van der Waals surface area contributed by atoms with E-state index in [4.69, 9.17) is 36.1 Å². The number of hydrogen-bond acceptors (Lipinski definition) is 12. The third-order valence-electron chi connectivity index (χ3n) is 6.45. The molecule has 0 bridgehead atoms. The lowest BCUT2D eigenvalue weighted by molar-refractivity contribution is -0.143. The van der Waals surface area contributed by atoms with E-state index < -0.39 is 62.9 Å². The molecule has 0 spiro atoms. The van der Waals surface area contributed by atoms with Gasteiger partial charge in [0.15, 0.2) is 23.9 Å². The van der Waals surface area contributed by atoms with Gasteiger partial charge in [-0.15, -0.1) is 0 Å². The van der Waals surface area contributed by atoms with Crippen molar-refractivity contribution in [3.05, 3.63) is 11.6 Å². The van der Waals surface area contributed by atoms with Gasteiger partial charge < -0.3 is 29.6 Å². The molecule has 1 aliphatic heterocycles. The fourth-order valence-electron chi connectivity index (χ4n) is 4.49. The highest BCUT2D eigenvalue weighted by Crippen LogP contribution is 2.43. The number of fused-ring (bicyclic) bond motifs is 1. The number of nitrogens with two attached hydrogens (primary N) is 1. The van der Waals surface area contributed by atoms with Crippen LogP contribution in [0.15, 0.2) is 6.33 Å².